The molecule has 0 aliphatic heterocycles. The van der Waals surface area contributed by atoms with Gasteiger partial charge in [-0.2, -0.15) is 0 Å². The second kappa shape index (κ2) is 6.44. The van der Waals surface area contributed by atoms with Crippen LogP contribution in [-0.4, -0.2) is 21.3 Å². The first-order valence-electron chi connectivity index (χ1n) is 6.64. The van der Waals surface area contributed by atoms with Crippen LogP contribution in [0, 0.1) is 6.92 Å². The Morgan fingerprint density at radius 2 is 1.40 bits per heavy atom. The van der Waals surface area contributed by atoms with Crippen molar-refractivity contribution in [1.29, 1.82) is 0 Å². The number of nitrogens with one attached hydrogen (secondary N) is 1. The van der Waals surface area contributed by atoms with E-state index in [1.54, 1.807) is 14.2 Å². The molecule has 0 radical (unpaired) electrons. The summed E-state index contributed by atoms with van der Waals surface area (Å²) in [5.74, 6) is 1.60. The van der Waals surface area contributed by atoms with Crippen molar-refractivity contribution in [3.05, 3.63) is 59.2 Å². The van der Waals surface area contributed by atoms with Crippen LogP contribution in [0.25, 0.3) is 0 Å². The van der Waals surface area contributed by atoms with E-state index in [1.807, 2.05) is 25.2 Å². The molecule has 2 aromatic carbocycles. The topological polar surface area (TPSA) is 30.5 Å². The molecular formula is C17H21NO2. The Labute approximate surface area is 120 Å². The van der Waals surface area contributed by atoms with Gasteiger partial charge in [0.25, 0.3) is 0 Å². The highest BCUT2D eigenvalue weighted by Crippen LogP contribution is 2.29. The van der Waals surface area contributed by atoms with E-state index in [0.717, 1.165) is 17.1 Å². The molecule has 0 fully saturated rings. The summed E-state index contributed by atoms with van der Waals surface area (Å²) in [6.07, 6.45) is 0. The maximum atomic E-state index is 5.34. The zero-order valence-electron chi connectivity index (χ0n) is 12.4. The lowest BCUT2D eigenvalue weighted by molar-refractivity contribution is 0.392. The van der Waals surface area contributed by atoms with Crippen LogP contribution in [0.5, 0.6) is 11.5 Å². The molecule has 0 saturated heterocycles. The predicted octanol–water partition coefficient (Wildman–Crippen LogP) is 3.32. The zero-order chi connectivity index (χ0) is 14.5. The third kappa shape index (κ3) is 3.11. The van der Waals surface area contributed by atoms with Gasteiger partial charge in [-0.3, -0.25) is 0 Å². The molecule has 20 heavy (non-hydrogen) atoms. The van der Waals surface area contributed by atoms with E-state index in [1.165, 1.54) is 11.1 Å². The molecule has 1 N–H and O–H groups in total. The Bertz CT molecular complexity index is 541. The van der Waals surface area contributed by atoms with Crippen molar-refractivity contribution in [2.24, 2.45) is 0 Å². The molecule has 1 unspecified atom stereocenters. The van der Waals surface area contributed by atoms with E-state index < -0.39 is 0 Å². The second-order valence-corrected chi connectivity index (χ2v) is 4.78. The highest BCUT2D eigenvalue weighted by molar-refractivity contribution is 5.43. The van der Waals surface area contributed by atoms with Gasteiger partial charge in [0.2, 0.25) is 0 Å². The molecule has 0 aliphatic carbocycles. The lowest BCUT2D eigenvalue weighted by Gasteiger charge is -2.19. The van der Waals surface area contributed by atoms with Gasteiger partial charge in [-0.15, -0.1) is 0 Å². The van der Waals surface area contributed by atoms with E-state index in [2.05, 4.69) is 36.5 Å². The maximum absolute atomic E-state index is 5.34. The van der Waals surface area contributed by atoms with Crippen molar-refractivity contribution in [3.8, 4) is 11.5 Å². The van der Waals surface area contributed by atoms with Crippen molar-refractivity contribution in [2.75, 3.05) is 21.3 Å². The smallest absolute Gasteiger partial charge is 0.122 e. The van der Waals surface area contributed by atoms with E-state index in [4.69, 9.17) is 9.47 Å². The normalized spacial score (nSPS) is 12.0. The molecule has 0 aliphatic rings. The van der Waals surface area contributed by atoms with Gasteiger partial charge in [0.1, 0.15) is 11.5 Å². The van der Waals surface area contributed by atoms with Crippen LogP contribution in [-0.2, 0) is 0 Å². The summed E-state index contributed by atoms with van der Waals surface area (Å²) < 4.78 is 10.7. The lowest BCUT2D eigenvalue weighted by Crippen LogP contribution is -2.17. The van der Waals surface area contributed by atoms with E-state index >= 15 is 0 Å². The third-order valence-corrected chi connectivity index (χ3v) is 3.41. The molecule has 0 amide bonds. The molecule has 106 valence electrons. The Balaban J connectivity index is 2.42. The Kier molecular flexibility index (Phi) is 4.64. The van der Waals surface area contributed by atoms with Crippen molar-refractivity contribution < 1.29 is 9.47 Å². The molecular weight excluding hydrogens is 250 g/mol. The monoisotopic (exact) mass is 271 g/mol. The number of methoxy groups -OCH3 is 2. The van der Waals surface area contributed by atoms with Gasteiger partial charge in [-0.25, -0.2) is 0 Å². The van der Waals surface area contributed by atoms with Crippen molar-refractivity contribution in [3.63, 3.8) is 0 Å². The van der Waals surface area contributed by atoms with Gasteiger partial charge in [0.15, 0.2) is 0 Å². The fourth-order valence-corrected chi connectivity index (χ4v) is 2.28. The van der Waals surface area contributed by atoms with Crippen LogP contribution in [0.1, 0.15) is 22.7 Å². The largest absolute Gasteiger partial charge is 0.497 e. The number of rotatable bonds is 5. The number of benzene rings is 2. The average molecular weight is 271 g/mol. The minimum atomic E-state index is 0.111. The summed E-state index contributed by atoms with van der Waals surface area (Å²) in [4.78, 5) is 0. The zero-order valence-corrected chi connectivity index (χ0v) is 12.4. The van der Waals surface area contributed by atoms with Crippen molar-refractivity contribution in [2.45, 2.75) is 13.0 Å². The van der Waals surface area contributed by atoms with Crippen LogP contribution in [0.3, 0.4) is 0 Å². The first kappa shape index (κ1) is 14.4. The molecule has 0 saturated carbocycles. The van der Waals surface area contributed by atoms with Crippen LogP contribution < -0.4 is 14.8 Å². The van der Waals surface area contributed by atoms with Gasteiger partial charge < -0.3 is 14.8 Å². The predicted molar refractivity (Wildman–Crippen MR) is 81.6 cm³/mol. The molecule has 2 aromatic rings. The molecule has 1 atom stereocenters. The van der Waals surface area contributed by atoms with Crippen LogP contribution in [0.2, 0.25) is 0 Å². The summed E-state index contributed by atoms with van der Waals surface area (Å²) in [6.45, 7) is 2.09. The fourth-order valence-electron chi connectivity index (χ4n) is 2.28. The quantitative estimate of drug-likeness (QED) is 0.905. The summed E-state index contributed by atoms with van der Waals surface area (Å²) in [5, 5.41) is 3.35. The molecule has 3 heteroatoms. The molecule has 0 aromatic heterocycles. The summed E-state index contributed by atoms with van der Waals surface area (Å²) in [6, 6.07) is 14.6. The van der Waals surface area contributed by atoms with Crippen molar-refractivity contribution >= 4 is 0 Å². The van der Waals surface area contributed by atoms with Crippen LogP contribution in [0.15, 0.2) is 42.5 Å². The SMILES string of the molecule is CNC(c1ccc(C)cc1)c1cc(OC)cc(OC)c1. The van der Waals surface area contributed by atoms with Gasteiger partial charge >= 0.3 is 0 Å². The Morgan fingerprint density at radius 3 is 1.85 bits per heavy atom. The fraction of sp³-hybridized carbons (Fsp3) is 0.294. The van der Waals surface area contributed by atoms with E-state index in [0.29, 0.717) is 0 Å². The van der Waals surface area contributed by atoms with Crippen molar-refractivity contribution in [1.82, 2.24) is 5.32 Å². The first-order valence-corrected chi connectivity index (χ1v) is 6.64. The van der Waals surface area contributed by atoms with Gasteiger partial charge in [-0.05, 0) is 37.2 Å². The average Bonchev–Trinajstić information content (AvgIpc) is 2.49. The number of ether oxygens (including phenoxy) is 2. The van der Waals surface area contributed by atoms with Crippen LogP contribution in [0.4, 0.5) is 0 Å². The number of hydrogen-bond donors (Lipinski definition) is 1. The Hall–Kier alpha value is -2.00. The summed E-state index contributed by atoms with van der Waals surface area (Å²) in [5.41, 5.74) is 3.59. The lowest BCUT2D eigenvalue weighted by atomic mass is 9.97. The van der Waals surface area contributed by atoms with Gasteiger partial charge in [0, 0.05) is 6.07 Å². The maximum Gasteiger partial charge on any atom is 0.122 e. The highest BCUT2D eigenvalue weighted by atomic mass is 16.5. The third-order valence-electron chi connectivity index (χ3n) is 3.41. The summed E-state index contributed by atoms with van der Waals surface area (Å²) in [7, 11) is 5.29. The van der Waals surface area contributed by atoms with E-state index in [9.17, 15) is 0 Å². The van der Waals surface area contributed by atoms with Crippen LogP contribution >= 0.6 is 0 Å². The Morgan fingerprint density at radius 1 is 0.850 bits per heavy atom. The highest BCUT2D eigenvalue weighted by Gasteiger charge is 2.14. The van der Waals surface area contributed by atoms with Gasteiger partial charge in [0.05, 0.1) is 20.3 Å². The number of aryl methyl sites for hydroxylation is 1. The first-order chi connectivity index (χ1) is 9.67. The molecule has 0 spiro atoms. The molecule has 0 heterocycles. The molecule has 2 rings (SSSR count). The van der Waals surface area contributed by atoms with Gasteiger partial charge in [-0.1, -0.05) is 29.8 Å². The molecule has 3 nitrogen and oxygen atoms in total. The minimum absolute atomic E-state index is 0.111. The number of hydrogen-bond acceptors (Lipinski definition) is 3. The minimum Gasteiger partial charge on any atom is -0.497 e. The standard InChI is InChI=1S/C17H21NO2/c1-12-5-7-13(8-6-12)17(18-2)14-9-15(19-3)11-16(10-14)20-4/h5-11,17-18H,1-4H3. The molecule has 0 bridgehead atoms. The summed E-state index contributed by atoms with van der Waals surface area (Å²) >= 11 is 0. The van der Waals surface area contributed by atoms with E-state index in [-0.39, 0.29) is 6.04 Å². The second-order valence-electron chi connectivity index (χ2n) is 4.78.